The lowest BCUT2D eigenvalue weighted by molar-refractivity contribution is 0.102. The van der Waals surface area contributed by atoms with Crippen LogP contribution in [0, 0.1) is 0 Å². The van der Waals surface area contributed by atoms with Gasteiger partial charge in [-0.15, -0.1) is 10.2 Å². The van der Waals surface area contributed by atoms with Crippen molar-refractivity contribution in [3.63, 3.8) is 0 Å². The van der Waals surface area contributed by atoms with E-state index in [2.05, 4.69) is 25.5 Å². The zero-order valence-corrected chi connectivity index (χ0v) is 10.8. The number of carbonyl (C=O) groups is 1. The van der Waals surface area contributed by atoms with Gasteiger partial charge >= 0.3 is 0 Å². The first-order chi connectivity index (χ1) is 9.33. The van der Waals surface area contributed by atoms with Crippen LogP contribution in [-0.2, 0) is 4.74 Å². The summed E-state index contributed by atoms with van der Waals surface area (Å²) < 4.78 is 5.52. The highest BCUT2D eigenvalue weighted by Crippen LogP contribution is 2.31. The van der Waals surface area contributed by atoms with Crippen molar-refractivity contribution in [3.8, 4) is 0 Å². The van der Waals surface area contributed by atoms with Gasteiger partial charge in [0, 0.05) is 19.0 Å². The fourth-order valence-corrected chi connectivity index (χ4v) is 2.60. The first-order valence-electron chi connectivity index (χ1n) is 5.84. The molecular formula is C11H11N5O2S. The average Bonchev–Trinajstić information content (AvgIpc) is 3.10. The third-order valence-corrected chi connectivity index (χ3v) is 3.62. The van der Waals surface area contributed by atoms with E-state index in [0.29, 0.717) is 10.7 Å². The smallest absolute Gasteiger partial charge is 0.260 e. The van der Waals surface area contributed by atoms with E-state index in [1.165, 1.54) is 30.1 Å². The van der Waals surface area contributed by atoms with E-state index < -0.39 is 0 Å². The molecule has 2 aromatic heterocycles. The maximum atomic E-state index is 11.9. The second-order valence-electron chi connectivity index (χ2n) is 4.03. The molecule has 3 heterocycles. The van der Waals surface area contributed by atoms with Crippen molar-refractivity contribution in [2.45, 2.75) is 18.9 Å². The van der Waals surface area contributed by atoms with Crippen molar-refractivity contribution in [3.05, 3.63) is 29.3 Å². The number of hydrogen-bond donors (Lipinski definition) is 1. The molecule has 1 N–H and O–H groups in total. The molecule has 2 aromatic rings. The monoisotopic (exact) mass is 277 g/mol. The minimum atomic E-state index is -0.296. The van der Waals surface area contributed by atoms with Crippen molar-refractivity contribution >= 4 is 22.4 Å². The fourth-order valence-electron chi connectivity index (χ4n) is 1.77. The zero-order valence-electron chi connectivity index (χ0n) is 9.94. The van der Waals surface area contributed by atoms with Crippen LogP contribution < -0.4 is 5.32 Å². The van der Waals surface area contributed by atoms with Gasteiger partial charge in [-0.3, -0.25) is 10.1 Å². The molecule has 0 radical (unpaired) electrons. The van der Waals surface area contributed by atoms with E-state index in [1.807, 2.05) is 0 Å². The number of anilines is 1. The Bertz CT molecular complexity index is 567. The summed E-state index contributed by atoms with van der Waals surface area (Å²) in [6.45, 7) is 0.757. The maximum absolute atomic E-state index is 11.9. The van der Waals surface area contributed by atoms with Gasteiger partial charge in [-0.2, -0.15) is 0 Å². The van der Waals surface area contributed by atoms with Crippen LogP contribution in [0.25, 0.3) is 0 Å². The summed E-state index contributed by atoms with van der Waals surface area (Å²) in [6, 6.07) is 0. The Balaban J connectivity index is 1.68. The summed E-state index contributed by atoms with van der Waals surface area (Å²) in [7, 11) is 0. The van der Waals surface area contributed by atoms with E-state index in [-0.39, 0.29) is 12.0 Å². The van der Waals surface area contributed by atoms with Gasteiger partial charge in [0.25, 0.3) is 5.91 Å². The highest BCUT2D eigenvalue weighted by Gasteiger charge is 2.22. The summed E-state index contributed by atoms with van der Waals surface area (Å²) in [6.07, 6.45) is 6.28. The molecule has 1 aliphatic rings. The molecule has 0 saturated carbocycles. The van der Waals surface area contributed by atoms with Crippen LogP contribution >= 0.6 is 11.3 Å². The normalized spacial score (nSPS) is 18.4. The third kappa shape index (κ3) is 2.74. The third-order valence-electron chi connectivity index (χ3n) is 2.69. The number of rotatable bonds is 3. The summed E-state index contributed by atoms with van der Waals surface area (Å²) in [5, 5.41) is 11.9. The molecule has 1 unspecified atom stereocenters. The van der Waals surface area contributed by atoms with Crippen molar-refractivity contribution in [1.29, 1.82) is 0 Å². The van der Waals surface area contributed by atoms with E-state index in [0.717, 1.165) is 24.5 Å². The van der Waals surface area contributed by atoms with Crippen molar-refractivity contribution < 1.29 is 9.53 Å². The van der Waals surface area contributed by atoms with Crippen LogP contribution in [0.5, 0.6) is 0 Å². The highest BCUT2D eigenvalue weighted by atomic mass is 32.1. The number of ether oxygens (including phenoxy) is 1. The number of aromatic nitrogens is 4. The molecule has 0 bridgehead atoms. The molecule has 0 spiro atoms. The minimum absolute atomic E-state index is 0.0169. The van der Waals surface area contributed by atoms with Crippen molar-refractivity contribution in [1.82, 2.24) is 20.2 Å². The van der Waals surface area contributed by atoms with Gasteiger partial charge in [0.1, 0.15) is 17.4 Å². The lowest BCUT2D eigenvalue weighted by Crippen LogP contribution is -2.12. The van der Waals surface area contributed by atoms with Crippen molar-refractivity contribution in [2.24, 2.45) is 0 Å². The molecule has 19 heavy (non-hydrogen) atoms. The van der Waals surface area contributed by atoms with Gasteiger partial charge in [-0.05, 0) is 12.8 Å². The second kappa shape index (κ2) is 5.37. The number of hydrogen-bond acceptors (Lipinski definition) is 7. The molecule has 1 saturated heterocycles. The van der Waals surface area contributed by atoms with Crippen LogP contribution in [0.4, 0.5) is 5.13 Å². The molecular weight excluding hydrogens is 266 g/mol. The van der Waals surface area contributed by atoms with E-state index >= 15 is 0 Å². The summed E-state index contributed by atoms with van der Waals surface area (Å²) in [5.41, 5.74) is 0.386. The van der Waals surface area contributed by atoms with Gasteiger partial charge < -0.3 is 4.74 Å². The SMILES string of the molecule is O=C(Nc1nnc(C2CCCO2)s1)c1cncnc1. The largest absolute Gasteiger partial charge is 0.371 e. The molecule has 8 heteroatoms. The molecule has 1 aliphatic heterocycles. The van der Waals surface area contributed by atoms with E-state index in [4.69, 9.17) is 4.74 Å². The molecule has 3 rings (SSSR count). The summed E-state index contributed by atoms with van der Waals surface area (Å²) >= 11 is 1.33. The van der Waals surface area contributed by atoms with Gasteiger partial charge in [0.2, 0.25) is 5.13 Å². The Morgan fingerprint density at radius 1 is 1.37 bits per heavy atom. The van der Waals surface area contributed by atoms with Gasteiger partial charge in [-0.25, -0.2) is 9.97 Å². The molecule has 98 valence electrons. The Kier molecular flexibility index (Phi) is 3.43. The lowest BCUT2D eigenvalue weighted by atomic mass is 10.2. The molecule has 1 fully saturated rings. The predicted octanol–water partition coefficient (Wildman–Crippen LogP) is 1.43. The zero-order chi connectivity index (χ0) is 13.1. The van der Waals surface area contributed by atoms with Crippen molar-refractivity contribution in [2.75, 3.05) is 11.9 Å². The Hall–Kier alpha value is -1.93. The van der Waals surface area contributed by atoms with Gasteiger partial charge in [0.05, 0.1) is 5.56 Å². The second-order valence-corrected chi connectivity index (χ2v) is 5.04. The molecule has 0 aromatic carbocycles. The molecule has 0 aliphatic carbocycles. The van der Waals surface area contributed by atoms with Crippen LogP contribution in [0.15, 0.2) is 18.7 Å². The Labute approximate surface area is 113 Å². The van der Waals surface area contributed by atoms with Crippen LogP contribution in [-0.4, -0.2) is 32.7 Å². The summed E-state index contributed by atoms with van der Waals surface area (Å²) in [5.74, 6) is -0.296. The molecule has 1 atom stereocenters. The number of nitrogens with one attached hydrogen (secondary N) is 1. The topological polar surface area (TPSA) is 89.9 Å². The number of amides is 1. The maximum Gasteiger partial charge on any atom is 0.260 e. The number of carbonyl (C=O) groups excluding carboxylic acids is 1. The number of nitrogens with zero attached hydrogens (tertiary/aromatic N) is 4. The fraction of sp³-hybridized carbons (Fsp3) is 0.364. The molecule has 1 amide bonds. The molecule has 7 nitrogen and oxygen atoms in total. The Morgan fingerprint density at radius 2 is 2.21 bits per heavy atom. The quantitative estimate of drug-likeness (QED) is 0.912. The Morgan fingerprint density at radius 3 is 2.95 bits per heavy atom. The average molecular weight is 277 g/mol. The van der Waals surface area contributed by atoms with Gasteiger partial charge in [-0.1, -0.05) is 11.3 Å². The van der Waals surface area contributed by atoms with E-state index in [1.54, 1.807) is 0 Å². The highest BCUT2D eigenvalue weighted by molar-refractivity contribution is 7.15. The first-order valence-corrected chi connectivity index (χ1v) is 6.66. The van der Waals surface area contributed by atoms with E-state index in [9.17, 15) is 4.79 Å². The van der Waals surface area contributed by atoms with Gasteiger partial charge in [0.15, 0.2) is 0 Å². The minimum Gasteiger partial charge on any atom is -0.371 e. The summed E-state index contributed by atoms with van der Waals surface area (Å²) in [4.78, 5) is 19.4. The van der Waals surface area contributed by atoms with Crippen LogP contribution in [0.2, 0.25) is 0 Å². The lowest BCUT2D eigenvalue weighted by Gasteiger charge is -2.02. The standard InChI is InChI=1S/C11H11N5O2S/c17-9(7-4-12-6-13-5-7)14-11-16-15-10(19-11)8-2-1-3-18-8/h4-6,8H,1-3H2,(H,14,16,17). The predicted molar refractivity (Wildman–Crippen MR) is 67.8 cm³/mol. The van der Waals surface area contributed by atoms with Crippen LogP contribution in [0.3, 0.4) is 0 Å². The van der Waals surface area contributed by atoms with Crippen LogP contribution in [0.1, 0.15) is 34.3 Å². The first kappa shape index (κ1) is 12.1.